The van der Waals surface area contributed by atoms with Gasteiger partial charge in [-0.15, -0.1) is 10.2 Å². The van der Waals surface area contributed by atoms with Crippen LogP contribution in [0.3, 0.4) is 0 Å². The van der Waals surface area contributed by atoms with E-state index in [2.05, 4.69) is 15.5 Å². The van der Waals surface area contributed by atoms with Crippen LogP contribution in [0.15, 0.2) is 50.7 Å². The molecule has 3 aromatic rings. The van der Waals surface area contributed by atoms with Crippen LogP contribution < -0.4 is 14.8 Å². The third-order valence-corrected chi connectivity index (χ3v) is 4.54. The smallest absolute Gasteiger partial charge is 0.277 e. The van der Waals surface area contributed by atoms with Gasteiger partial charge in [0.25, 0.3) is 11.1 Å². The van der Waals surface area contributed by atoms with Crippen LogP contribution in [0.5, 0.6) is 11.5 Å². The van der Waals surface area contributed by atoms with Crippen molar-refractivity contribution >= 4 is 17.7 Å². The molecule has 1 amide bonds. The van der Waals surface area contributed by atoms with Gasteiger partial charge in [0, 0.05) is 6.07 Å². The van der Waals surface area contributed by atoms with E-state index in [9.17, 15) is 4.79 Å². The number of nitrogens with one attached hydrogen (secondary N) is 1. The Morgan fingerprint density at radius 3 is 2.81 bits per heavy atom. The molecule has 0 saturated heterocycles. The van der Waals surface area contributed by atoms with Crippen molar-refractivity contribution in [1.29, 1.82) is 0 Å². The highest BCUT2D eigenvalue weighted by atomic mass is 32.2. The molecular weight excluding hydrogens is 370 g/mol. The third-order valence-electron chi connectivity index (χ3n) is 3.72. The largest absolute Gasteiger partial charge is 0.497 e. The van der Waals surface area contributed by atoms with Gasteiger partial charge in [0.1, 0.15) is 17.3 Å². The maximum absolute atomic E-state index is 12.1. The number of nitrogens with zero attached hydrogens (tertiary/aromatic N) is 2. The zero-order chi connectivity index (χ0) is 19.2. The summed E-state index contributed by atoms with van der Waals surface area (Å²) < 4.78 is 21.4. The Balaban J connectivity index is 1.60. The Morgan fingerprint density at radius 1 is 1.26 bits per heavy atom. The fourth-order valence-corrected chi connectivity index (χ4v) is 2.95. The van der Waals surface area contributed by atoms with E-state index in [1.165, 1.54) is 0 Å². The summed E-state index contributed by atoms with van der Waals surface area (Å²) in [6.07, 6.45) is 1.57. The fraction of sp³-hybridized carbons (Fsp3) is 0.278. The third kappa shape index (κ3) is 4.62. The van der Waals surface area contributed by atoms with E-state index >= 15 is 0 Å². The predicted molar refractivity (Wildman–Crippen MR) is 98.8 cm³/mol. The summed E-state index contributed by atoms with van der Waals surface area (Å²) >= 11 is 1.16. The highest BCUT2D eigenvalue weighted by molar-refractivity contribution is 7.99. The van der Waals surface area contributed by atoms with Crippen molar-refractivity contribution in [1.82, 2.24) is 15.5 Å². The van der Waals surface area contributed by atoms with E-state index in [0.29, 0.717) is 33.9 Å². The molecule has 1 aromatic carbocycles. The minimum absolute atomic E-state index is 0.145. The SMILES string of the molecule is COc1ccc(-c2nnc(SCC(=O)N[C@@H](C)c3ccco3)o2)c(OC)c1. The maximum Gasteiger partial charge on any atom is 0.277 e. The Hall–Kier alpha value is -2.94. The van der Waals surface area contributed by atoms with Crippen LogP contribution in [0.1, 0.15) is 18.7 Å². The van der Waals surface area contributed by atoms with Crippen LogP contribution in [0.2, 0.25) is 0 Å². The Bertz CT molecular complexity index is 894. The molecule has 8 nitrogen and oxygen atoms in total. The van der Waals surface area contributed by atoms with Gasteiger partial charge in [-0.1, -0.05) is 11.8 Å². The predicted octanol–water partition coefficient (Wildman–Crippen LogP) is 3.32. The molecule has 9 heteroatoms. The van der Waals surface area contributed by atoms with Gasteiger partial charge in [-0.05, 0) is 31.2 Å². The lowest BCUT2D eigenvalue weighted by atomic mass is 10.2. The zero-order valence-corrected chi connectivity index (χ0v) is 15.9. The molecule has 0 aliphatic heterocycles. The van der Waals surface area contributed by atoms with Crippen molar-refractivity contribution in [3.63, 3.8) is 0 Å². The number of furan rings is 1. The molecule has 1 atom stereocenters. The molecule has 0 fully saturated rings. The molecule has 0 aliphatic carbocycles. The van der Waals surface area contributed by atoms with Gasteiger partial charge in [-0.2, -0.15) is 0 Å². The van der Waals surface area contributed by atoms with Crippen LogP contribution in [0, 0.1) is 0 Å². The molecule has 2 aromatic heterocycles. The number of benzene rings is 1. The van der Waals surface area contributed by atoms with Gasteiger partial charge >= 0.3 is 0 Å². The number of aromatic nitrogens is 2. The highest BCUT2D eigenvalue weighted by Crippen LogP contribution is 2.33. The van der Waals surface area contributed by atoms with Gasteiger partial charge in [-0.3, -0.25) is 4.79 Å². The zero-order valence-electron chi connectivity index (χ0n) is 15.1. The van der Waals surface area contributed by atoms with E-state index in [1.807, 2.05) is 13.0 Å². The van der Waals surface area contributed by atoms with E-state index in [-0.39, 0.29) is 17.7 Å². The molecule has 0 saturated carbocycles. The first kappa shape index (κ1) is 18.8. The second-order valence-electron chi connectivity index (χ2n) is 5.53. The minimum atomic E-state index is -0.213. The van der Waals surface area contributed by atoms with Crippen molar-refractivity contribution in [3.05, 3.63) is 42.4 Å². The number of amides is 1. The number of thioether (sulfide) groups is 1. The number of rotatable bonds is 8. The highest BCUT2D eigenvalue weighted by Gasteiger charge is 2.17. The molecule has 0 unspecified atom stereocenters. The molecule has 27 heavy (non-hydrogen) atoms. The number of carbonyl (C=O) groups excluding carboxylic acids is 1. The van der Waals surface area contributed by atoms with Gasteiger partial charge in [0.2, 0.25) is 5.91 Å². The van der Waals surface area contributed by atoms with Crippen molar-refractivity contribution in [2.45, 2.75) is 18.2 Å². The average molecular weight is 389 g/mol. The lowest BCUT2D eigenvalue weighted by Gasteiger charge is -2.10. The summed E-state index contributed by atoms with van der Waals surface area (Å²) in [5.41, 5.74) is 0.647. The topological polar surface area (TPSA) is 99.6 Å². The molecule has 0 radical (unpaired) electrons. The average Bonchev–Trinajstić information content (AvgIpc) is 3.37. The lowest BCUT2D eigenvalue weighted by molar-refractivity contribution is -0.119. The van der Waals surface area contributed by atoms with Gasteiger partial charge < -0.3 is 23.6 Å². The summed E-state index contributed by atoms with van der Waals surface area (Å²) in [6, 6.07) is 8.66. The van der Waals surface area contributed by atoms with Crippen molar-refractivity contribution in [2.24, 2.45) is 0 Å². The fourth-order valence-electron chi connectivity index (χ4n) is 2.37. The second kappa shape index (κ2) is 8.63. The van der Waals surface area contributed by atoms with Crippen LogP contribution in [-0.2, 0) is 4.79 Å². The second-order valence-corrected chi connectivity index (χ2v) is 6.46. The standard InChI is InChI=1S/C18H19N3O5S/c1-11(14-5-4-8-25-14)19-16(22)10-27-18-21-20-17(26-18)13-7-6-12(23-2)9-15(13)24-3/h4-9,11H,10H2,1-3H3,(H,19,22)/t11-/m0/s1. The van der Waals surface area contributed by atoms with Crippen LogP contribution >= 0.6 is 11.8 Å². The normalized spacial score (nSPS) is 11.8. The summed E-state index contributed by atoms with van der Waals surface area (Å²) in [5.74, 6) is 2.20. The first-order valence-electron chi connectivity index (χ1n) is 8.12. The Morgan fingerprint density at radius 2 is 2.11 bits per heavy atom. The van der Waals surface area contributed by atoms with E-state index in [0.717, 1.165) is 11.8 Å². The van der Waals surface area contributed by atoms with Crippen molar-refractivity contribution in [3.8, 4) is 23.0 Å². The van der Waals surface area contributed by atoms with Gasteiger partial charge in [0.15, 0.2) is 0 Å². The van der Waals surface area contributed by atoms with E-state index < -0.39 is 0 Å². The van der Waals surface area contributed by atoms with E-state index in [1.54, 1.807) is 44.7 Å². The Kier molecular flexibility index (Phi) is 6.02. The quantitative estimate of drug-likeness (QED) is 0.586. The summed E-state index contributed by atoms with van der Waals surface area (Å²) in [6.45, 7) is 1.85. The monoisotopic (exact) mass is 389 g/mol. The molecule has 0 spiro atoms. The first-order chi connectivity index (χ1) is 13.1. The first-order valence-corrected chi connectivity index (χ1v) is 9.10. The molecule has 0 aliphatic rings. The lowest BCUT2D eigenvalue weighted by Crippen LogP contribution is -2.27. The number of hydrogen-bond donors (Lipinski definition) is 1. The molecule has 3 rings (SSSR count). The molecule has 0 bridgehead atoms. The molecular formula is C18H19N3O5S. The van der Waals surface area contributed by atoms with Crippen LogP contribution in [0.25, 0.3) is 11.5 Å². The van der Waals surface area contributed by atoms with Crippen molar-refractivity contribution in [2.75, 3.05) is 20.0 Å². The maximum atomic E-state index is 12.1. The summed E-state index contributed by atoms with van der Waals surface area (Å²) in [5, 5.41) is 11.1. The number of hydrogen-bond acceptors (Lipinski definition) is 8. The molecule has 2 heterocycles. The molecule has 142 valence electrons. The summed E-state index contributed by atoms with van der Waals surface area (Å²) in [4.78, 5) is 12.1. The number of ether oxygens (including phenoxy) is 2. The Labute approximate surface area is 160 Å². The van der Waals surface area contributed by atoms with Crippen molar-refractivity contribution < 1.29 is 23.1 Å². The minimum Gasteiger partial charge on any atom is -0.497 e. The van der Waals surface area contributed by atoms with Crippen LogP contribution in [-0.4, -0.2) is 36.1 Å². The van der Waals surface area contributed by atoms with E-state index in [4.69, 9.17) is 18.3 Å². The summed E-state index contributed by atoms with van der Waals surface area (Å²) in [7, 11) is 3.13. The van der Waals surface area contributed by atoms with Crippen LogP contribution in [0.4, 0.5) is 0 Å². The van der Waals surface area contributed by atoms with Gasteiger partial charge in [-0.25, -0.2) is 0 Å². The van der Waals surface area contributed by atoms with Gasteiger partial charge in [0.05, 0.1) is 37.8 Å². The number of carbonyl (C=O) groups is 1. The number of methoxy groups -OCH3 is 2. The molecule has 1 N–H and O–H groups in total.